The maximum atomic E-state index is 2.44. The smallest absolute Gasteiger partial charge is 0.0608 e. The molecule has 0 saturated heterocycles. The van der Waals surface area contributed by atoms with E-state index in [1.165, 1.54) is 27.8 Å². The molecule has 0 amide bonds. The molecular formula is C17H19N. The predicted octanol–water partition coefficient (Wildman–Crippen LogP) is 3.84. The molecule has 3 rings (SSSR count). The summed E-state index contributed by atoms with van der Waals surface area (Å²) in [5, 5.41) is 0. The zero-order valence-corrected chi connectivity index (χ0v) is 11.3. The second-order valence-corrected chi connectivity index (χ2v) is 5.31. The monoisotopic (exact) mass is 237 g/mol. The lowest BCUT2D eigenvalue weighted by Crippen LogP contribution is -2.18. The summed E-state index contributed by atoms with van der Waals surface area (Å²) in [6, 6.07) is 15.9. The summed E-state index contributed by atoms with van der Waals surface area (Å²) < 4.78 is 0. The molecule has 0 radical (unpaired) electrons. The minimum atomic E-state index is 0.418. The van der Waals surface area contributed by atoms with Crippen molar-refractivity contribution in [1.82, 2.24) is 4.90 Å². The third-order valence-corrected chi connectivity index (χ3v) is 4.15. The molecule has 1 atom stereocenters. The molecule has 0 aromatic heterocycles. The molecule has 0 spiro atoms. The second-order valence-electron chi connectivity index (χ2n) is 5.31. The predicted molar refractivity (Wildman–Crippen MR) is 75.7 cm³/mol. The third-order valence-electron chi connectivity index (χ3n) is 4.15. The number of benzene rings is 2. The lowest BCUT2D eigenvalue weighted by atomic mass is 9.92. The molecule has 0 aliphatic carbocycles. The van der Waals surface area contributed by atoms with Gasteiger partial charge in [0, 0.05) is 6.54 Å². The highest BCUT2D eigenvalue weighted by atomic mass is 15.1. The standard InChI is InChI=1S/C17H19N/c1-12-7-6-10-15(13(12)2)17-16-9-5-4-8-14(16)11-18(17)3/h4-10,17H,11H2,1-3H3. The van der Waals surface area contributed by atoms with Gasteiger partial charge in [0.25, 0.3) is 0 Å². The van der Waals surface area contributed by atoms with Crippen LogP contribution in [0, 0.1) is 13.8 Å². The van der Waals surface area contributed by atoms with Crippen molar-refractivity contribution in [1.29, 1.82) is 0 Å². The highest BCUT2D eigenvalue weighted by Gasteiger charge is 2.29. The summed E-state index contributed by atoms with van der Waals surface area (Å²) >= 11 is 0. The molecule has 0 fully saturated rings. The molecule has 1 heterocycles. The first kappa shape index (κ1) is 11.5. The van der Waals surface area contributed by atoms with E-state index in [-0.39, 0.29) is 0 Å². The van der Waals surface area contributed by atoms with E-state index >= 15 is 0 Å². The van der Waals surface area contributed by atoms with Crippen molar-refractivity contribution in [3.8, 4) is 0 Å². The van der Waals surface area contributed by atoms with Crippen LogP contribution in [-0.2, 0) is 6.54 Å². The van der Waals surface area contributed by atoms with Crippen molar-refractivity contribution in [3.63, 3.8) is 0 Å². The van der Waals surface area contributed by atoms with Crippen LogP contribution < -0.4 is 0 Å². The Hall–Kier alpha value is -1.60. The van der Waals surface area contributed by atoms with E-state index < -0.39 is 0 Å². The van der Waals surface area contributed by atoms with Crippen LogP contribution in [0.4, 0.5) is 0 Å². The number of aryl methyl sites for hydroxylation is 1. The number of hydrogen-bond acceptors (Lipinski definition) is 1. The van der Waals surface area contributed by atoms with Crippen molar-refractivity contribution < 1.29 is 0 Å². The van der Waals surface area contributed by atoms with Gasteiger partial charge in [-0.25, -0.2) is 0 Å². The van der Waals surface area contributed by atoms with Gasteiger partial charge in [0.1, 0.15) is 0 Å². The maximum absolute atomic E-state index is 2.44. The Labute approximate surface area is 109 Å². The van der Waals surface area contributed by atoms with Gasteiger partial charge in [0.2, 0.25) is 0 Å². The van der Waals surface area contributed by atoms with Crippen molar-refractivity contribution in [2.45, 2.75) is 26.4 Å². The minimum absolute atomic E-state index is 0.418. The van der Waals surface area contributed by atoms with Crippen molar-refractivity contribution in [2.24, 2.45) is 0 Å². The Morgan fingerprint density at radius 2 is 1.67 bits per heavy atom. The van der Waals surface area contributed by atoms with E-state index in [0.717, 1.165) is 6.54 Å². The van der Waals surface area contributed by atoms with Crippen molar-refractivity contribution >= 4 is 0 Å². The lowest BCUT2D eigenvalue weighted by Gasteiger charge is -2.23. The molecule has 2 aromatic rings. The van der Waals surface area contributed by atoms with Gasteiger partial charge in [-0.3, -0.25) is 4.90 Å². The Kier molecular flexibility index (Phi) is 2.71. The van der Waals surface area contributed by atoms with Gasteiger partial charge in [-0.1, -0.05) is 42.5 Å². The highest BCUT2D eigenvalue weighted by molar-refractivity contribution is 5.45. The van der Waals surface area contributed by atoms with Gasteiger partial charge in [0.05, 0.1) is 6.04 Å². The van der Waals surface area contributed by atoms with Crippen LogP contribution >= 0.6 is 0 Å². The zero-order chi connectivity index (χ0) is 12.7. The molecule has 92 valence electrons. The second kappa shape index (κ2) is 4.25. The normalized spacial score (nSPS) is 18.9. The number of fused-ring (bicyclic) bond motifs is 1. The average molecular weight is 237 g/mol. The number of hydrogen-bond donors (Lipinski definition) is 0. The van der Waals surface area contributed by atoms with Gasteiger partial charge in [-0.2, -0.15) is 0 Å². The fourth-order valence-corrected chi connectivity index (χ4v) is 3.02. The van der Waals surface area contributed by atoms with E-state index in [0.29, 0.717) is 6.04 Å². The van der Waals surface area contributed by atoms with Crippen LogP contribution in [-0.4, -0.2) is 11.9 Å². The third kappa shape index (κ3) is 1.67. The highest BCUT2D eigenvalue weighted by Crippen LogP contribution is 2.38. The molecule has 1 unspecified atom stereocenters. The molecule has 0 N–H and O–H groups in total. The number of nitrogens with zero attached hydrogens (tertiary/aromatic N) is 1. The van der Waals surface area contributed by atoms with Crippen LogP contribution in [0.3, 0.4) is 0 Å². The molecule has 1 heteroatoms. The first-order valence-electron chi connectivity index (χ1n) is 6.52. The summed E-state index contributed by atoms with van der Waals surface area (Å²) in [6.45, 7) is 5.48. The van der Waals surface area contributed by atoms with Crippen LogP contribution in [0.25, 0.3) is 0 Å². The molecular weight excluding hydrogens is 218 g/mol. The SMILES string of the molecule is Cc1cccc(C2c3ccccc3CN2C)c1C. The van der Waals surface area contributed by atoms with E-state index in [2.05, 4.69) is 68.3 Å². The van der Waals surface area contributed by atoms with Gasteiger partial charge in [-0.05, 0) is 48.7 Å². The Bertz CT molecular complexity index is 586. The van der Waals surface area contributed by atoms with E-state index in [1.54, 1.807) is 0 Å². The fourth-order valence-electron chi connectivity index (χ4n) is 3.02. The lowest BCUT2D eigenvalue weighted by molar-refractivity contribution is 0.303. The van der Waals surface area contributed by atoms with Crippen LogP contribution in [0.15, 0.2) is 42.5 Å². The van der Waals surface area contributed by atoms with E-state index in [4.69, 9.17) is 0 Å². The topological polar surface area (TPSA) is 3.24 Å². The fraction of sp³-hybridized carbons (Fsp3) is 0.294. The van der Waals surface area contributed by atoms with Crippen molar-refractivity contribution in [2.75, 3.05) is 7.05 Å². The molecule has 2 aromatic carbocycles. The van der Waals surface area contributed by atoms with Gasteiger partial charge in [-0.15, -0.1) is 0 Å². The number of rotatable bonds is 1. The molecule has 0 bridgehead atoms. The van der Waals surface area contributed by atoms with Gasteiger partial charge >= 0.3 is 0 Å². The van der Waals surface area contributed by atoms with Gasteiger partial charge in [0.15, 0.2) is 0 Å². The molecule has 1 aliphatic heterocycles. The molecule has 1 aliphatic rings. The molecule has 1 nitrogen and oxygen atoms in total. The molecule has 0 saturated carbocycles. The maximum Gasteiger partial charge on any atom is 0.0608 e. The van der Waals surface area contributed by atoms with E-state index in [1.807, 2.05) is 0 Å². The van der Waals surface area contributed by atoms with E-state index in [9.17, 15) is 0 Å². The van der Waals surface area contributed by atoms with Crippen LogP contribution in [0.2, 0.25) is 0 Å². The van der Waals surface area contributed by atoms with Crippen molar-refractivity contribution in [3.05, 3.63) is 70.3 Å². The summed E-state index contributed by atoms with van der Waals surface area (Å²) in [4.78, 5) is 2.44. The molecule has 18 heavy (non-hydrogen) atoms. The van der Waals surface area contributed by atoms with Crippen LogP contribution in [0.1, 0.15) is 33.9 Å². The Balaban J connectivity index is 2.15. The first-order chi connectivity index (χ1) is 8.68. The quantitative estimate of drug-likeness (QED) is 0.728. The Morgan fingerprint density at radius 1 is 0.944 bits per heavy atom. The largest absolute Gasteiger partial charge is 0.291 e. The zero-order valence-electron chi connectivity index (χ0n) is 11.3. The van der Waals surface area contributed by atoms with Gasteiger partial charge < -0.3 is 0 Å². The summed E-state index contributed by atoms with van der Waals surface area (Å²) in [6.07, 6.45) is 0. The Morgan fingerprint density at radius 3 is 2.50 bits per heavy atom. The minimum Gasteiger partial charge on any atom is -0.291 e. The summed E-state index contributed by atoms with van der Waals surface area (Å²) in [5.74, 6) is 0. The average Bonchev–Trinajstić information content (AvgIpc) is 2.69. The summed E-state index contributed by atoms with van der Waals surface area (Å²) in [7, 11) is 2.21. The first-order valence-corrected chi connectivity index (χ1v) is 6.52. The summed E-state index contributed by atoms with van der Waals surface area (Å²) in [5.41, 5.74) is 7.18. The van der Waals surface area contributed by atoms with Crippen LogP contribution in [0.5, 0.6) is 0 Å².